The molecule has 172 valence electrons. The number of benzene rings is 2. The molecule has 1 unspecified atom stereocenters. The second kappa shape index (κ2) is 10.8. The van der Waals surface area contributed by atoms with Crippen LogP contribution in [-0.2, 0) is 14.9 Å². The highest BCUT2D eigenvalue weighted by Crippen LogP contribution is 2.35. The largest absolute Gasteiger partial charge is 0.496 e. The Morgan fingerprint density at radius 3 is 2.50 bits per heavy atom. The first kappa shape index (κ1) is 24.1. The van der Waals surface area contributed by atoms with E-state index in [4.69, 9.17) is 21.1 Å². The van der Waals surface area contributed by atoms with Crippen molar-refractivity contribution in [3.63, 3.8) is 0 Å². The fourth-order valence-electron chi connectivity index (χ4n) is 4.10. The Labute approximate surface area is 194 Å². The molecule has 1 fully saturated rings. The number of halogens is 1. The number of para-hydroxylation sites is 1. The molecule has 0 aromatic heterocycles. The number of carbonyl (C=O) groups excluding carboxylic acids is 2. The van der Waals surface area contributed by atoms with Gasteiger partial charge in [0.2, 0.25) is 5.91 Å². The third-order valence-electron chi connectivity index (χ3n) is 6.08. The van der Waals surface area contributed by atoms with Crippen LogP contribution in [0.1, 0.15) is 42.6 Å². The average molecular weight is 459 g/mol. The van der Waals surface area contributed by atoms with Crippen LogP contribution in [0.3, 0.4) is 0 Å². The molecule has 1 atom stereocenters. The number of ether oxygens (including phenoxy) is 2. The van der Waals surface area contributed by atoms with Gasteiger partial charge in [0.1, 0.15) is 11.8 Å². The van der Waals surface area contributed by atoms with Gasteiger partial charge in [-0.2, -0.15) is 0 Å². The topological polar surface area (TPSA) is 76.7 Å². The molecule has 1 aliphatic rings. The minimum absolute atomic E-state index is 0.0922. The molecule has 0 radical (unpaired) electrons. The number of rotatable bonds is 8. The molecule has 0 spiro atoms. The van der Waals surface area contributed by atoms with Gasteiger partial charge in [0, 0.05) is 30.2 Å². The lowest BCUT2D eigenvalue weighted by Gasteiger charge is -2.38. The summed E-state index contributed by atoms with van der Waals surface area (Å²) in [4.78, 5) is 26.0. The fourth-order valence-corrected chi connectivity index (χ4v) is 4.29. The third-order valence-corrected chi connectivity index (χ3v) is 6.31. The van der Waals surface area contributed by atoms with E-state index in [1.165, 1.54) is 7.11 Å². The van der Waals surface area contributed by atoms with E-state index in [2.05, 4.69) is 10.6 Å². The van der Waals surface area contributed by atoms with Crippen LogP contribution in [0.4, 0.5) is 0 Å². The SMILES string of the molecule is COc1ccccc1C(=O)NC(C(=O)NCC1(c2cccc(Cl)c2)CCOCC1)C(C)C. The van der Waals surface area contributed by atoms with Crippen molar-refractivity contribution in [2.45, 2.75) is 38.1 Å². The summed E-state index contributed by atoms with van der Waals surface area (Å²) in [5.74, 6) is -0.177. The van der Waals surface area contributed by atoms with E-state index in [0.717, 1.165) is 18.4 Å². The second-order valence-corrected chi connectivity index (χ2v) is 8.95. The molecule has 1 saturated heterocycles. The van der Waals surface area contributed by atoms with Crippen LogP contribution in [0.2, 0.25) is 5.02 Å². The molecular formula is C25H31ClN2O4. The van der Waals surface area contributed by atoms with Crippen molar-refractivity contribution >= 4 is 23.4 Å². The number of hydrogen-bond donors (Lipinski definition) is 2. The van der Waals surface area contributed by atoms with E-state index in [-0.39, 0.29) is 23.1 Å². The molecule has 0 saturated carbocycles. The average Bonchev–Trinajstić information content (AvgIpc) is 2.81. The lowest BCUT2D eigenvalue weighted by molar-refractivity contribution is -0.124. The van der Waals surface area contributed by atoms with Crippen LogP contribution in [0.5, 0.6) is 5.75 Å². The molecule has 0 aliphatic carbocycles. The summed E-state index contributed by atoms with van der Waals surface area (Å²) in [7, 11) is 1.52. The molecule has 2 amide bonds. The van der Waals surface area contributed by atoms with Crippen LogP contribution in [-0.4, -0.2) is 44.7 Å². The summed E-state index contributed by atoms with van der Waals surface area (Å²) in [5, 5.41) is 6.64. The van der Waals surface area contributed by atoms with E-state index < -0.39 is 6.04 Å². The molecule has 2 N–H and O–H groups in total. The Kier molecular flexibility index (Phi) is 8.15. The van der Waals surface area contributed by atoms with Gasteiger partial charge in [0.25, 0.3) is 5.91 Å². The highest BCUT2D eigenvalue weighted by molar-refractivity contribution is 6.30. The maximum absolute atomic E-state index is 13.2. The smallest absolute Gasteiger partial charge is 0.255 e. The van der Waals surface area contributed by atoms with Crippen LogP contribution < -0.4 is 15.4 Å². The molecular weight excluding hydrogens is 428 g/mol. The first-order valence-electron chi connectivity index (χ1n) is 10.9. The Hall–Kier alpha value is -2.57. The Morgan fingerprint density at radius 2 is 1.84 bits per heavy atom. The molecule has 32 heavy (non-hydrogen) atoms. The summed E-state index contributed by atoms with van der Waals surface area (Å²) < 4.78 is 10.9. The van der Waals surface area contributed by atoms with Gasteiger partial charge < -0.3 is 20.1 Å². The van der Waals surface area contributed by atoms with E-state index in [1.54, 1.807) is 24.3 Å². The van der Waals surface area contributed by atoms with Gasteiger partial charge in [-0.25, -0.2) is 0 Å². The van der Waals surface area contributed by atoms with Gasteiger partial charge >= 0.3 is 0 Å². The van der Waals surface area contributed by atoms with E-state index >= 15 is 0 Å². The van der Waals surface area contributed by atoms with Crippen LogP contribution in [0, 0.1) is 5.92 Å². The minimum Gasteiger partial charge on any atom is -0.496 e. The van der Waals surface area contributed by atoms with Crippen molar-refractivity contribution < 1.29 is 19.1 Å². The van der Waals surface area contributed by atoms with Crippen molar-refractivity contribution in [2.75, 3.05) is 26.9 Å². The van der Waals surface area contributed by atoms with Crippen LogP contribution in [0.15, 0.2) is 48.5 Å². The van der Waals surface area contributed by atoms with E-state index in [9.17, 15) is 9.59 Å². The fraction of sp³-hybridized carbons (Fsp3) is 0.440. The Balaban J connectivity index is 1.74. The van der Waals surface area contributed by atoms with E-state index in [0.29, 0.717) is 36.1 Å². The summed E-state index contributed by atoms with van der Waals surface area (Å²) in [6.07, 6.45) is 1.57. The van der Waals surface area contributed by atoms with Crippen molar-refractivity contribution in [1.29, 1.82) is 0 Å². The van der Waals surface area contributed by atoms with Crippen molar-refractivity contribution in [3.8, 4) is 5.75 Å². The van der Waals surface area contributed by atoms with E-state index in [1.807, 2.05) is 38.1 Å². The van der Waals surface area contributed by atoms with Gasteiger partial charge in [0.05, 0.1) is 12.7 Å². The number of carbonyl (C=O) groups is 2. The predicted octanol–water partition coefficient (Wildman–Crippen LogP) is 3.97. The predicted molar refractivity (Wildman–Crippen MR) is 125 cm³/mol. The molecule has 2 aromatic carbocycles. The molecule has 7 heteroatoms. The number of methoxy groups -OCH3 is 1. The Bertz CT molecular complexity index is 941. The maximum atomic E-state index is 13.2. The summed E-state index contributed by atoms with van der Waals surface area (Å²) in [5.41, 5.74) is 1.23. The lowest BCUT2D eigenvalue weighted by Crippen LogP contribution is -2.53. The number of amides is 2. The normalized spacial score (nSPS) is 16.3. The maximum Gasteiger partial charge on any atom is 0.255 e. The molecule has 0 bridgehead atoms. The Morgan fingerprint density at radius 1 is 1.12 bits per heavy atom. The first-order chi connectivity index (χ1) is 15.4. The molecule has 6 nitrogen and oxygen atoms in total. The van der Waals surface area contributed by atoms with Gasteiger partial charge in [-0.3, -0.25) is 9.59 Å². The highest BCUT2D eigenvalue weighted by Gasteiger charge is 2.36. The molecule has 2 aromatic rings. The molecule has 1 heterocycles. The zero-order valence-corrected chi connectivity index (χ0v) is 19.6. The standard InChI is InChI=1S/C25H31ClN2O4/c1-17(2)22(28-23(29)20-9-4-5-10-21(20)31-3)24(30)27-16-25(11-13-32-14-12-25)18-7-6-8-19(26)15-18/h4-10,15,17,22H,11-14,16H2,1-3H3,(H,27,30)(H,28,29). The van der Waals surface area contributed by atoms with Crippen molar-refractivity contribution in [1.82, 2.24) is 10.6 Å². The van der Waals surface area contributed by atoms with Crippen molar-refractivity contribution in [3.05, 3.63) is 64.7 Å². The lowest BCUT2D eigenvalue weighted by atomic mass is 9.74. The summed E-state index contributed by atoms with van der Waals surface area (Å²) in [6, 6.07) is 14.1. The quantitative estimate of drug-likeness (QED) is 0.627. The monoisotopic (exact) mass is 458 g/mol. The molecule has 3 rings (SSSR count). The van der Waals surface area contributed by atoms with Gasteiger partial charge in [-0.1, -0.05) is 49.7 Å². The van der Waals surface area contributed by atoms with Crippen LogP contribution in [0.25, 0.3) is 0 Å². The van der Waals surface area contributed by atoms with Gasteiger partial charge in [0.15, 0.2) is 0 Å². The number of hydrogen-bond acceptors (Lipinski definition) is 4. The minimum atomic E-state index is -0.677. The first-order valence-corrected chi connectivity index (χ1v) is 11.3. The summed E-state index contributed by atoms with van der Waals surface area (Å²) >= 11 is 6.24. The van der Waals surface area contributed by atoms with Gasteiger partial charge in [-0.05, 0) is 48.6 Å². The second-order valence-electron chi connectivity index (χ2n) is 8.52. The van der Waals surface area contributed by atoms with Crippen LogP contribution >= 0.6 is 11.6 Å². The highest BCUT2D eigenvalue weighted by atomic mass is 35.5. The third kappa shape index (κ3) is 5.61. The molecule has 1 aliphatic heterocycles. The van der Waals surface area contributed by atoms with Gasteiger partial charge in [-0.15, -0.1) is 0 Å². The van der Waals surface area contributed by atoms with Crippen molar-refractivity contribution in [2.24, 2.45) is 5.92 Å². The number of nitrogens with one attached hydrogen (secondary N) is 2. The zero-order chi connectivity index (χ0) is 23.1. The zero-order valence-electron chi connectivity index (χ0n) is 18.8. The summed E-state index contributed by atoms with van der Waals surface area (Å²) in [6.45, 7) is 5.52.